The highest BCUT2D eigenvalue weighted by atomic mass is 32.2. The topological polar surface area (TPSA) is 143 Å². The number of nitrogen functional groups attached to an aromatic ring is 1. The number of fused-ring (bicyclic) bond motifs is 1. The normalized spacial score (nSPS) is 16.3. The van der Waals surface area contributed by atoms with Crippen LogP contribution in [-0.2, 0) is 27.7 Å². The summed E-state index contributed by atoms with van der Waals surface area (Å²) in [5, 5.41) is 6.97. The van der Waals surface area contributed by atoms with Gasteiger partial charge in [0.25, 0.3) is 5.91 Å². The van der Waals surface area contributed by atoms with E-state index in [0.717, 1.165) is 46.9 Å². The predicted molar refractivity (Wildman–Crippen MR) is 151 cm³/mol. The number of benzene rings is 2. The van der Waals surface area contributed by atoms with E-state index in [-0.39, 0.29) is 43.2 Å². The lowest BCUT2D eigenvalue weighted by Gasteiger charge is -2.34. The number of amides is 1. The molecule has 1 fully saturated rings. The molecule has 2 aromatic carbocycles. The predicted octanol–water partition coefficient (Wildman–Crippen LogP) is 2.36. The summed E-state index contributed by atoms with van der Waals surface area (Å²) in [7, 11) is -2.15. The molecular formula is C27H32FN7O5S. The maximum atomic E-state index is 14.4. The first-order valence-electron chi connectivity index (χ1n) is 13.3. The minimum Gasteiger partial charge on any atom is -0.448 e. The van der Waals surface area contributed by atoms with Gasteiger partial charge in [0.1, 0.15) is 10.7 Å². The summed E-state index contributed by atoms with van der Waals surface area (Å²) >= 11 is 0. The van der Waals surface area contributed by atoms with Crippen molar-refractivity contribution >= 4 is 39.2 Å². The Bertz CT molecular complexity index is 1580. The van der Waals surface area contributed by atoms with Crippen LogP contribution in [-0.4, -0.2) is 85.8 Å². The third kappa shape index (κ3) is 5.62. The molecule has 3 heterocycles. The molecule has 5 rings (SSSR count). The van der Waals surface area contributed by atoms with Crippen LogP contribution in [0.3, 0.4) is 0 Å². The molecule has 3 N–H and O–H groups in total. The molecule has 0 atom stereocenters. The number of aromatic nitrogens is 2. The number of sulfonamides is 1. The zero-order valence-electron chi connectivity index (χ0n) is 22.8. The molecule has 1 saturated heterocycles. The van der Waals surface area contributed by atoms with E-state index in [4.69, 9.17) is 10.5 Å². The summed E-state index contributed by atoms with van der Waals surface area (Å²) < 4.78 is 48.2. The number of ether oxygens (including phenoxy) is 1. The van der Waals surface area contributed by atoms with Crippen molar-refractivity contribution in [3.63, 3.8) is 0 Å². The molecule has 218 valence electrons. The van der Waals surface area contributed by atoms with Gasteiger partial charge in [-0.05, 0) is 44.3 Å². The maximum absolute atomic E-state index is 14.4. The van der Waals surface area contributed by atoms with Gasteiger partial charge in [0, 0.05) is 62.6 Å². The average molecular weight is 586 g/mol. The van der Waals surface area contributed by atoms with E-state index in [1.54, 1.807) is 19.1 Å². The molecule has 0 bridgehead atoms. The minimum absolute atomic E-state index is 0.00553. The van der Waals surface area contributed by atoms with E-state index >= 15 is 0 Å². The molecule has 41 heavy (non-hydrogen) atoms. The Labute approximate surface area is 237 Å². The highest BCUT2D eigenvalue weighted by Gasteiger charge is 2.35. The fraction of sp³-hybridized carbons (Fsp3) is 0.370. The number of anilines is 3. The van der Waals surface area contributed by atoms with Crippen LogP contribution < -0.4 is 16.0 Å². The van der Waals surface area contributed by atoms with Crippen LogP contribution in [0.5, 0.6) is 0 Å². The number of carbonyl (C=O) groups excluding carboxylic acids is 2. The van der Waals surface area contributed by atoms with E-state index in [0.29, 0.717) is 11.3 Å². The quantitative estimate of drug-likeness (QED) is 0.417. The van der Waals surface area contributed by atoms with Crippen molar-refractivity contribution in [1.29, 1.82) is 0 Å². The van der Waals surface area contributed by atoms with E-state index in [9.17, 15) is 22.4 Å². The van der Waals surface area contributed by atoms with Crippen molar-refractivity contribution in [1.82, 2.24) is 19.0 Å². The number of nitrogens with zero attached hydrogens (tertiary/aromatic N) is 5. The van der Waals surface area contributed by atoms with E-state index in [2.05, 4.69) is 27.3 Å². The first-order chi connectivity index (χ1) is 19.6. The molecule has 14 heteroatoms. The standard InChI is InChI=1S/C27H32FN7O5S/c1-3-40-27(37)35-23-10-11-34(41(38,39)24-7-5-4-6-21(24)28)17-20(23)25(31-35)30-26(36)19-9-8-18(16-22(19)29)33-14-12-32(2)13-15-33/h4-9,16H,3,10-15,17,29H2,1-2H3,(H,30,31,36). The summed E-state index contributed by atoms with van der Waals surface area (Å²) in [4.78, 5) is 30.0. The number of likely N-dealkylation sites (N-methyl/N-ethyl adjacent to an activating group) is 1. The van der Waals surface area contributed by atoms with Crippen molar-refractivity contribution in [2.45, 2.75) is 24.8 Å². The number of nitrogens with one attached hydrogen (secondary N) is 1. The van der Waals surface area contributed by atoms with Gasteiger partial charge in [-0.15, -0.1) is 5.10 Å². The summed E-state index contributed by atoms with van der Waals surface area (Å²) in [6.07, 6.45) is -0.669. The Morgan fingerprint density at radius 1 is 1.10 bits per heavy atom. The van der Waals surface area contributed by atoms with Crippen LogP contribution in [0.2, 0.25) is 0 Å². The molecule has 2 aliphatic rings. The molecule has 0 aliphatic carbocycles. The van der Waals surface area contributed by atoms with Crippen LogP contribution in [0.4, 0.5) is 26.4 Å². The lowest BCUT2D eigenvalue weighted by molar-refractivity contribution is 0.102. The summed E-state index contributed by atoms with van der Waals surface area (Å²) in [5.74, 6) is -1.45. The van der Waals surface area contributed by atoms with Gasteiger partial charge in [0.2, 0.25) is 10.0 Å². The summed E-state index contributed by atoms with van der Waals surface area (Å²) in [5.41, 5.74) is 8.36. The van der Waals surface area contributed by atoms with Crippen molar-refractivity contribution in [2.75, 3.05) is 62.3 Å². The fourth-order valence-corrected chi connectivity index (χ4v) is 6.50. The van der Waals surface area contributed by atoms with Crippen LogP contribution >= 0.6 is 0 Å². The highest BCUT2D eigenvalue weighted by Crippen LogP contribution is 2.31. The van der Waals surface area contributed by atoms with Gasteiger partial charge < -0.3 is 25.6 Å². The number of carbonyl (C=O) groups is 2. The van der Waals surface area contributed by atoms with Crippen molar-refractivity contribution < 1.29 is 27.1 Å². The van der Waals surface area contributed by atoms with Crippen LogP contribution in [0.1, 0.15) is 28.5 Å². The van der Waals surface area contributed by atoms with Gasteiger partial charge in [-0.3, -0.25) is 4.79 Å². The van der Waals surface area contributed by atoms with Gasteiger partial charge in [0.05, 0.1) is 17.9 Å². The second kappa shape index (κ2) is 11.5. The maximum Gasteiger partial charge on any atom is 0.434 e. The first-order valence-corrected chi connectivity index (χ1v) is 14.7. The van der Waals surface area contributed by atoms with Gasteiger partial charge in [-0.25, -0.2) is 17.6 Å². The van der Waals surface area contributed by atoms with Crippen LogP contribution in [0, 0.1) is 5.82 Å². The smallest absolute Gasteiger partial charge is 0.434 e. The van der Waals surface area contributed by atoms with Gasteiger partial charge in [-0.2, -0.15) is 8.99 Å². The number of halogens is 1. The number of rotatable bonds is 6. The molecule has 2 aliphatic heterocycles. The van der Waals surface area contributed by atoms with Crippen molar-refractivity contribution in [2.24, 2.45) is 0 Å². The summed E-state index contributed by atoms with van der Waals surface area (Å²) in [6.45, 7) is 4.99. The Kier molecular flexibility index (Phi) is 7.98. The van der Waals surface area contributed by atoms with Crippen LogP contribution in [0.15, 0.2) is 47.4 Å². The first kappa shape index (κ1) is 28.5. The Morgan fingerprint density at radius 2 is 1.83 bits per heavy atom. The number of nitrogens with two attached hydrogens (primary N) is 1. The average Bonchev–Trinajstić information content (AvgIpc) is 3.31. The molecule has 0 spiro atoms. The molecule has 0 saturated carbocycles. The number of hydrogen-bond donors (Lipinski definition) is 2. The lowest BCUT2D eigenvalue weighted by atomic mass is 10.1. The monoisotopic (exact) mass is 585 g/mol. The second-order valence-corrected chi connectivity index (χ2v) is 11.8. The highest BCUT2D eigenvalue weighted by molar-refractivity contribution is 7.89. The third-order valence-corrected chi connectivity index (χ3v) is 9.18. The fourth-order valence-electron chi connectivity index (χ4n) is 5.02. The number of piperazine rings is 1. The van der Waals surface area contributed by atoms with Crippen molar-refractivity contribution in [3.05, 3.63) is 65.1 Å². The third-order valence-electron chi connectivity index (χ3n) is 7.30. The number of hydrogen-bond acceptors (Lipinski definition) is 9. The van der Waals surface area contributed by atoms with E-state index < -0.39 is 32.7 Å². The molecule has 1 aromatic heterocycles. The second-order valence-electron chi connectivity index (χ2n) is 9.92. The molecule has 0 unspecified atom stereocenters. The molecule has 3 aromatic rings. The van der Waals surface area contributed by atoms with Gasteiger partial charge >= 0.3 is 6.09 Å². The lowest BCUT2D eigenvalue weighted by Crippen LogP contribution is -2.44. The van der Waals surface area contributed by atoms with Gasteiger partial charge in [-0.1, -0.05) is 12.1 Å². The Balaban J connectivity index is 1.43. The Morgan fingerprint density at radius 3 is 2.51 bits per heavy atom. The van der Waals surface area contributed by atoms with E-state index in [1.807, 2.05) is 6.07 Å². The zero-order chi connectivity index (χ0) is 29.3. The minimum atomic E-state index is -4.21. The molecular weight excluding hydrogens is 553 g/mol. The molecule has 1 amide bonds. The zero-order valence-corrected chi connectivity index (χ0v) is 23.7. The van der Waals surface area contributed by atoms with Crippen LogP contribution in [0.25, 0.3) is 0 Å². The molecule has 12 nitrogen and oxygen atoms in total. The van der Waals surface area contributed by atoms with E-state index in [1.165, 1.54) is 18.2 Å². The Hall–Kier alpha value is -4.01. The van der Waals surface area contributed by atoms with Crippen molar-refractivity contribution in [3.8, 4) is 0 Å². The summed E-state index contributed by atoms with van der Waals surface area (Å²) in [6, 6.07) is 10.3. The molecule has 0 radical (unpaired) electrons. The largest absolute Gasteiger partial charge is 0.448 e. The van der Waals surface area contributed by atoms with Gasteiger partial charge in [0.15, 0.2) is 5.82 Å². The SMILES string of the molecule is CCOC(=O)n1nc(NC(=O)c2ccc(N3CCN(C)CC3)cc2N)c2c1CCN(S(=O)(=O)c1ccccc1F)C2.